The Hall–Kier alpha value is -1.69. The van der Waals surface area contributed by atoms with Gasteiger partial charge in [-0.05, 0) is 43.6 Å². The van der Waals surface area contributed by atoms with Crippen molar-refractivity contribution in [2.75, 3.05) is 31.1 Å². The summed E-state index contributed by atoms with van der Waals surface area (Å²) in [5.41, 5.74) is 1.50. The standard InChI is InChI=1S/C26H40N4OS/c1-6-8-9-19(7-2)26(31)30-14-12-29(13-15-30)24-22-20-11-10-18(5)16-21(20)32-25(22)28-23(27-24)17(3)4/h17-19H,6-16H2,1-5H3. The van der Waals surface area contributed by atoms with Crippen molar-refractivity contribution in [1.29, 1.82) is 0 Å². The van der Waals surface area contributed by atoms with E-state index >= 15 is 0 Å². The maximum absolute atomic E-state index is 13.1. The van der Waals surface area contributed by atoms with Gasteiger partial charge in [-0.15, -0.1) is 11.3 Å². The Morgan fingerprint density at radius 1 is 1.16 bits per heavy atom. The fourth-order valence-corrected chi connectivity index (χ4v) is 6.56. The van der Waals surface area contributed by atoms with Gasteiger partial charge in [0.15, 0.2) is 0 Å². The van der Waals surface area contributed by atoms with E-state index in [2.05, 4.69) is 44.4 Å². The molecule has 0 saturated carbocycles. The van der Waals surface area contributed by atoms with E-state index in [4.69, 9.17) is 9.97 Å². The number of carbonyl (C=O) groups excluding carboxylic acids is 1. The highest BCUT2D eigenvalue weighted by Crippen LogP contribution is 2.41. The second kappa shape index (κ2) is 10.1. The highest BCUT2D eigenvalue weighted by molar-refractivity contribution is 7.19. The Balaban J connectivity index is 1.58. The number of unbranched alkanes of at least 4 members (excludes halogenated alkanes) is 1. The number of hydrogen-bond donors (Lipinski definition) is 0. The van der Waals surface area contributed by atoms with Crippen LogP contribution in [0.3, 0.4) is 0 Å². The molecule has 0 radical (unpaired) electrons. The molecule has 1 aliphatic carbocycles. The highest BCUT2D eigenvalue weighted by Gasteiger charge is 2.30. The molecule has 2 aromatic heterocycles. The van der Waals surface area contributed by atoms with Gasteiger partial charge in [-0.25, -0.2) is 9.97 Å². The topological polar surface area (TPSA) is 49.3 Å². The summed E-state index contributed by atoms with van der Waals surface area (Å²) in [5.74, 6) is 3.68. The van der Waals surface area contributed by atoms with Crippen LogP contribution >= 0.6 is 11.3 Å². The van der Waals surface area contributed by atoms with Crippen LogP contribution in [0.4, 0.5) is 5.82 Å². The van der Waals surface area contributed by atoms with E-state index in [0.717, 1.165) is 75.8 Å². The fraction of sp³-hybridized carbons (Fsp3) is 0.731. The van der Waals surface area contributed by atoms with Crippen LogP contribution in [0.1, 0.15) is 88.9 Å². The lowest BCUT2D eigenvalue weighted by molar-refractivity contribution is -0.136. The number of anilines is 1. The summed E-state index contributed by atoms with van der Waals surface area (Å²) in [4.78, 5) is 30.4. The molecule has 1 saturated heterocycles. The Morgan fingerprint density at radius 2 is 1.91 bits per heavy atom. The quantitative estimate of drug-likeness (QED) is 0.528. The molecule has 1 amide bonds. The summed E-state index contributed by atoms with van der Waals surface area (Å²) in [6.07, 6.45) is 7.83. The van der Waals surface area contributed by atoms with Gasteiger partial charge in [-0.3, -0.25) is 4.79 Å². The van der Waals surface area contributed by atoms with E-state index in [1.54, 1.807) is 0 Å². The van der Waals surface area contributed by atoms with E-state index < -0.39 is 0 Å². The van der Waals surface area contributed by atoms with Crippen LogP contribution in [0.2, 0.25) is 0 Å². The number of piperazine rings is 1. The van der Waals surface area contributed by atoms with Crippen molar-refractivity contribution in [3.8, 4) is 0 Å². The summed E-state index contributed by atoms with van der Waals surface area (Å²) in [5, 5.41) is 1.30. The van der Waals surface area contributed by atoms with Crippen molar-refractivity contribution < 1.29 is 4.79 Å². The lowest BCUT2D eigenvalue weighted by atomic mass is 9.89. The molecule has 4 rings (SSSR count). The summed E-state index contributed by atoms with van der Waals surface area (Å²) in [6.45, 7) is 14.4. The normalized spacial score (nSPS) is 20.1. The fourth-order valence-electron chi connectivity index (χ4n) is 5.18. The van der Waals surface area contributed by atoms with Gasteiger partial charge in [0.1, 0.15) is 16.5 Å². The molecule has 2 unspecified atom stereocenters. The van der Waals surface area contributed by atoms with Crippen LogP contribution in [0.25, 0.3) is 10.2 Å². The number of aromatic nitrogens is 2. The van der Waals surface area contributed by atoms with Crippen molar-refractivity contribution in [3.05, 3.63) is 16.3 Å². The number of carbonyl (C=O) groups is 1. The first-order chi connectivity index (χ1) is 15.4. The molecular weight excluding hydrogens is 416 g/mol. The van der Waals surface area contributed by atoms with Crippen molar-refractivity contribution in [2.24, 2.45) is 11.8 Å². The number of thiophene rings is 1. The SMILES string of the molecule is CCCCC(CC)C(=O)N1CCN(c2nc(C(C)C)nc3sc4c(c23)CCC(C)C4)CC1. The second-order valence-electron chi connectivity index (χ2n) is 10.2. The Kier molecular flexibility index (Phi) is 7.38. The molecule has 176 valence electrons. The molecule has 2 aliphatic rings. The molecule has 1 fully saturated rings. The van der Waals surface area contributed by atoms with E-state index in [1.807, 2.05) is 11.3 Å². The maximum atomic E-state index is 13.1. The Morgan fingerprint density at radius 3 is 2.56 bits per heavy atom. The molecule has 0 aromatic carbocycles. The monoisotopic (exact) mass is 456 g/mol. The summed E-state index contributed by atoms with van der Waals surface area (Å²) in [6, 6.07) is 0. The van der Waals surface area contributed by atoms with Crippen LogP contribution in [0.15, 0.2) is 0 Å². The molecule has 0 bridgehead atoms. The first-order valence-corrected chi connectivity index (χ1v) is 13.6. The summed E-state index contributed by atoms with van der Waals surface area (Å²) in [7, 11) is 0. The molecule has 1 aliphatic heterocycles. The van der Waals surface area contributed by atoms with Crippen molar-refractivity contribution in [3.63, 3.8) is 0 Å². The minimum Gasteiger partial charge on any atom is -0.352 e. The highest BCUT2D eigenvalue weighted by atomic mass is 32.1. The molecule has 5 nitrogen and oxygen atoms in total. The lowest BCUT2D eigenvalue weighted by Crippen LogP contribution is -2.50. The summed E-state index contributed by atoms with van der Waals surface area (Å²) < 4.78 is 0. The average Bonchev–Trinajstić information content (AvgIpc) is 3.16. The van der Waals surface area contributed by atoms with Gasteiger partial charge in [0, 0.05) is 42.9 Å². The maximum Gasteiger partial charge on any atom is 0.225 e. The molecule has 0 spiro atoms. The van der Waals surface area contributed by atoms with Gasteiger partial charge >= 0.3 is 0 Å². The van der Waals surface area contributed by atoms with Crippen LogP contribution in [0, 0.1) is 11.8 Å². The molecule has 3 heterocycles. The molecule has 2 aromatic rings. The number of amides is 1. The number of rotatable bonds is 7. The molecule has 6 heteroatoms. The van der Waals surface area contributed by atoms with Crippen molar-refractivity contribution in [2.45, 2.75) is 85.5 Å². The number of fused-ring (bicyclic) bond motifs is 3. The van der Waals surface area contributed by atoms with Gasteiger partial charge in [-0.1, -0.05) is 47.5 Å². The molecule has 2 atom stereocenters. The number of hydrogen-bond acceptors (Lipinski definition) is 5. The van der Waals surface area contributed by atoms with Crippen LogP contribution in [-0.4, -0.2) is 47.0 Å². The van der Waals surface area contributed by atoms with E-state index in [-0.39, 0.29) is 5.92 Å². The summed E-state index contributed by atoms with van der Waals surface area (Å²) >= 11 is 1.89. The molecule has 0 N–H and O–H groups in total. The third-order valence-electron chi connectivity index (χ3n) is 7.31. The minimum absolute atomic E-state index is 0.186. The zero-order valence-electron chi connectivity index (χ0n) is 20.6. The van der Waals surface area contributed by atoms with Gasteiger partial charge in [0.25, 0.3) is 0 Å². The average molecular weight is 457 g/mol. The molecular formula is C26H40N4OS. The smallest absolute Gasteiger partial charge is 0.225 e. The van der Waals surface area contributed by atoms with Crippen LogP contribution < -0.4 is 4.90 Å². The first kappa shape index (κ1) is 23.5. The van der Waals surface area contributed by atoms with Crippen molar-refractivity contribution >= 4 is 33.3 Å². The zero-order valence-corrected chi connectivity index (χ0v) is 21.4. The van der Waals surface area contributed by atoms with Gasteiger partial charge in [0.2, 0.25) is 5.91 Å². The van der Waals surface area contributed by atoms with Gasteiger partial charge in [0.05, 0.1) is 5.39 Å². The Bertz CT molecular complexity index is 945. The zero-order chi connectivity index (χ0) is 22.8. The van der Waals surface area contributed by atoms with Crippen LogP contribution in [-0.2, 0) is 17.6 Å². The minimum atomic E-state index is 0.186. The largest absolute Gasteiger partial charge is 0.352 e. The third kappa shape index (κ3) is 4.66. The van der Waals surface area contributed by atoms with Crippen LogP contribution in [0.5, 0.6) is 0 Å². The van der Waals surface area contributed by atoms with Crippen molar-refractivity contribution in [1.82, 2.24) is 14.9 Å². The Labute approximate surface area is 197 Å². The van der Waals surface area contributed by atoms with E-state index in [0.29, 0.717) is 11.8 Å². The predicted molar refractivity (Wildman–Crippen MR) is 135 cm³/mol. The second-order valence-corrected chi connectivity index (χ2v) is 11.2. The van der Waals surface area contributed by atoms with Gasteiger partial charge in [-0.2, -0.15) is 0 Å². The number of aryl methyl sites for hydroxylation is 1. The molecule has 32 heavy (non-hydrogen) atoms. The first-order valence-electron chi connectivity index (χ1n) is 12.8. The third-order valence-corrected chi connectivity index (χ3v) is 8.46. The van der Waals surface area contributed by atoms with E-state index in [1.165, 1.54) is 33.5 Å². The number of nitrogens with zero attached hydrogens (tertiary/aromatic N) is 4. The van der Waals surface area contributed by atoms with Gasteiger partial charge < -0.3 is 9.80 Å². The van der Waals surface area contributed by atoms with E-state index in [9.17, 15) is 4.79 Å². The lowest BCUT2D eigenvalue weighted by Gasteiger charge is -2.37. The predicted octanol–water partition coefficient (Wildman–Crippen LogP) is 5.80.